The molecule has 1 heterocycles. The summed E-state index contributed by atoms with van der Waals surface area (Å²) in [7, 11) is 0. The van der Waals surface area contributed by atoms with Crippen molar-refractivity contribution in [2.75, 3.05) is 18.0 Å². The monoisotopic (exact) mass is 300 g/mol. The summed E-state index contributed by atoms with van der Waals surface area (Å²) in [5.41, 5.74) is 2.27. The first-order valence-electron chi connectivity index (χ1n) is 8.39. The molecule has 0 radical (unpaired) electrons. The number of amides is 2. The van der Waals surface area contributed by atoms with E-state index in [4.69, 9.17) is 0 Å². The first kappa shape index (κ1) is 15.1. The largest absolute Gasteiger partial charge is 0.356 e. The van der Waals surface area contributed by atoms with Crippen LogP contribution in [0.2, 0.25) is 0 Å². The van der Waals surface area contributed by atoms with Gasteiger partial charge in [-0.1, -0.05) is 31.0 Å². The number of benzene rings is 1. The van der Waals surface area contributed by atoms with Crippen LogP contribution in [0.5, 0.6) is 0 Å². The molecule has 0 aromatic heterocycles. The standard InChI is InChI=1S/C18H24N2O2/c1-2-19-17(21)14-8-4-5-9-15(14)18(22)20-12-11-13-7-3-6-10-16(13)20/h3,6-7,10,14-15H,2,4-5,8-9,11-12H2,1H3,(H,19,21). The quantitative estimate of drug-likeness (QED) is 0.932. The summed E-state index contributed by atoms with van der Waals surface area (Å²) in [4.78, 5) is 27.2. The van der Waals surface area contributed by atoms with Crippen molar-refractivity contribution in [1.82, 2.24) is 5.32 Å². The Kier molecular flexibility index (Phi) is 4.46. The zero-order valence-corrected chi connectivity index (χ0v) is 13.2. The minimum absolute atomic E-state index is 0.0491. The maximum atomic E-state index is 13.0. The molecule has 1 aromatic rings. The highest BCUT2D eigenvalue weighted by Crippen LogP contribution is 2.35. The first-order chi connectivity index (χ1) is 10.7. The summed E-state index contributed by atoms with van der Waals surface area (Å²) in [6.07, 6.45) is 4.67. The van der Waals surface area contributed by atoms with Crippen molar-refractivity contribution in [1.29, 1.82) is 0 Å². The van der Waals surface area contributed by atoms with Crippen molar-refractivity contribution < 1.29 is 9.59 Å². The summed E-state index contributed by atoms with van der Waals surface area (Å²) in [6, 6.07) is 8.10. The minimum Gasteiger partial charge on any atom is -0.356 e. The Morgan fingerprint density at radius 3 is 2.68 bits per heavy atom. The number of anilines is 1. The van der Waals surface area contributed by atoms with Crippen LogP contribution in [0.3, 0.4) is 0 Å². The molecule has 0 bridgehead atoms. The second-order valence-electron chi connectivity index (χ2n) is 6.26. The fraction of sp³-hybridized carbons (Fsp3) is 0.556. The summed E-state index contributed by atoms with van der Waals surface area (Å²) in [5, 5.41) is 2.90. The van der Waals surface area contributed by atoms with Crippen LogP contribution in [-0.2, 0) is 16.0 Å². The lowest BCUT2D eigenvalue weighted by Gasteiger charge is -2.32. The molecule has 1 aliphatic heterocycles. The lowest BCUT2D eigenvalue weighted by molar-refractivity contribution is -0.135. The second kappa shape index (κ2) is 6.51. The van der Waals surface area contributed by atoms with E-state index in [1.165, 1.54) is 5.56 Å². The van der Waals surface area contributed by atoms with Gasteiger partial charge in [-0.05, 0) is 37.8 Å². The number of hydrogen-bond acceptors (Lipinski definition) is 2. The van der Waals surface area contributed by atoms with E-state index in [-0.39, 0.29) is 23.7 Å². The minimum atomic E-state index is -0.161. The SMILES string of the molecule is CCNC(=O)C1CCCCC1C(=O)N1CCc2ccccc21. The van der Waals surface area contributed by atoms with Gasteiger partial charge in [0.05, 0.1) is 5.92 Å². The van der Waals surface area contributed by atoms with E-state index in [0.29, 0.717) is 6.54 Å². The number of hydrogen-bond donors (Lipinski definition) is 1. The molecule has 0 spiro atoms. The number of nitrogens with one attached hydrogen (secondary N) is 1. The summed E-state index contributed by atoms with van der Waals surface area (Å²) in [5.74, 6) is -0.130. The van der Waals surface area contributed by atoms with E-state index in [0.717, 1.165) is 44.3 Å². The lowest BCUT2D eigenvalue weighted by Crippen LogP contribution is -2.45. The number of carbonyl (C=O) groups excluding carboxylic acids is 2. The molecule has 4 heteroatoms. The highest BCUT2D eigenvalue weighted by atomic mass is 16.2. The van der Waals surface area contributed by atoms with E-state index in [1.54, 1.807) is 0 Å². The fourth-order valence-corrected chi connectivity index (χ4v) is 3.81. The van der Waals surface area contributed by atoms with Crippen LogP contribution in [0.15, 0.2) is 24.3 Å². The maximum Gasteiger partial charge on any atom is 0.230 e. The first-order valence-corrected chi connectivity index (χ1v) is 8.39. The molecule has 1 aromatic carbocycles. The van der Waals surface area contributed by atoms with Crippen LogP contribution >= 0.6 is 0 Å². The molecule has 1 saturated carbocycles. The van der Waals surface area contributed by atoms with Gasteiger partial charge in [0.2, 0.25) is 11.8 Å². The number of rotatable bonds is 3. The number of fused-ring (bicyclic) bond motifs is 1. The van der Waals surface area contributed by atoms with Crippen molar-refractivity contribution in [3.8, 4) is 0 Å². The Morgan fingerprint density at radius 1 is 1.18 bits per heavy atom. The van der Waals surface area contributed by atoms with Crippen molar-refractivity contribution in [3.63, 3.8) is 0 Å². The molecule has 1 fully saturated rings. The molecule has 2 unspecified atom stereocenters. The van der Waals surface area contributed by atoms with Gasteiger partial charge in [-0.25, -0.2) is 0 Å². The third kappa shape index (κ3) is 2.74. The molecular weight excluding hydrogens is 276 g/mol. The van der Waals surface area contributed by atoms with Gasteiger partial charge in [0.15, 0.2) is 0 Å². The highest BCUT2D eigenvalue weighted by Gasteiger charge is 2.39. The Morgan fingerprint density at radius 2 is 1.91 bits per heavy atom. The Balaban J connectivity index is 1.80. The van der Waals surface area contributed by atoms with Gasteiger partial charge in [0, 0.05) is 24.7 Å². The van der Waals surface area contributed by atoms with Crippen molar-refractivity contribution in [2.45, 2.75) is 39.0 Å². The summed E-state index contributed by atoms with van der Waals surface area (Å²) < 4.78 is 0. The smallest absolute Gasteiger partial charge is 0.230 e. The number of carbonyl (C=O) groups is 2. The van der Waals surface area contributed by atoms with Crippen molar-refractivity contribution in [3.05, 3.63) is 29.8 Å². The summed E-state index contributed by atoms with van der Waals surface area (Å²) in [6.45, 7) is 3.30. The fourth-order valence-electron chi connectivity index (χ4n) is 3.81. The third-order valence-corrected chi connectivity index (χ3v) is 4.92. The maximum absolute atomic E-state index is 13.0. The average Bonchev–Trinajstić information content (AvgIpc) is 2.98. The van der Waals surface area contributed by atoms with Gasteiger partial charge >= 0.3 is 0 Å². The van der Waals surface area contributed by atoms with Crippen LogP contribution in [0.1, 0.15) is 38.2 Å². The molecule has 3 rings (SSSR count). The van der Waals surface area contributed by atoms with E-state index < -0.39 is 0 Å². The van der Waals surface area contributed by atoms with E-state index >= 15 is 0 Å². The van der Waals surface area contributed by atoms with Crippen LogP contribution in [0, 0.1) is 11.8 Å². The van der Waals surface area contributed by atoms with Gasteiger partial charge in [0.25, 0.3) is 0 Å². The molecule has 2 aliphatic rings. The molecule has 1 aliphatic carbocycles. The molecule has 2 amide bonds. The predicted octanol–water partition coefficient (Wildman–Crippen LogP) is 2.52. The van der Waals surface area contributed by atoms with Gasteiger partial charge in [-0.3, -0.25) is 9.59 Å². The molecule has 0 saturated heterocycles. The van der Waals surface area contributed by atoms with E-state index in [2.05, 4.69) is 11.4 Å². The topological polar surface area (TPSA) is 49.4 Å². The van der Waals surface area contributed by atoms with Crippen LogP contribution in [0.25, 0.3) is 0 Å². The van der Waals surface area contributed by atoms with E-state index in [9.17, 15) is 9.59 Å². The van der Waals surface area contributed by atoms with E-state index in [1.807, 2.05) is 30.0 Å². The number of nitrogens with zero attached hydrogens (tertiary/aromatic N) is 1. The molecular formula is C18H24N2O2. The molecule has 2 atom stereocenters. The Labute approximate surface area is 131 Å². The predicted molar refractivity (Wildman–Crippen MR) is 86.6 cm³/mol. The molecule has 118 valence electrons. The molecule has 4 nitrogen and oxygen atoms in total. The molecule has 1 N–H and O–H groups in total. The normalized spacial score (nSPS) is 24.0. The Bertz CT molecular complexity index is 570. The molecule has 22 heavy (non-hydrogen) atoms. The van der Waals surface area contributed by atoms with Gasteiger partial charge in [-0.15, -0.1) is 0 Å². The van der Waals surface area contributed by atoms with Gasteiger partial charge < -0.3 is 10.2 Å². The zero-order valence-electron chi connectivity index (χ0n) is 13.2. The van der Waals surface area contributed by atoms with Crippen LogP contribution in [0.4, 0.5) is 5.69 Å². The lowest BCUT2D eigenvalue weighted by atomic mass is 9.77. The van der Waals surface area contributed by atoms with Crippen LogP contribution in [-0.4, -0.2) is 24.9 Å². The van der Waals surface area contributed by atoms with Crippen molar-refractivity contribution in [2.24, 2.45) is 11.8 Å². The Hall–Kier alpha value is -1.84. The second-order valence-corrected chi connectivity index (χ2v) is 6.26. The average molecular weight is 300 g/mol. The number of para-hydroxylation sites is 1. The van der Waals surface area contributed by atoms with Gasteiger partial charge in [-0.2, -0.15) is 0 Å². The highest BCUT2D eigenvalue weighted by molar-refractivity contribution is 5.99. The van der Waals surface area contributed by atoms with Crippen LogP contribution < -0.4 is 10.2 Å². The zero-order chi connectivity index (χ0) is 15.5. The summed E-state index contributed by atoms with van der Waals surface area (Å²) >= 11 is 0. The third-order valence-electron chi connectivity index (χ3n) is 4.92. The van der Waals surface area contributed by atoms with Crippen molar-refractivity contribution >= 4 is 17.5 Å². The van der Waals surface area contributed by atoms with Gasteiger partial charge in [0.1, 0.15) is 0 Å².